The highest BCUT2D eigenvalue weighted by Crippen LogP contribution is 2.31. The van der Waals surface area contributed by atoms with Crippen molar-refractivity contribution in [3.05, 3.63) is 58.1 Å². The van der Waals surface area contributed by atoms with Gasteiger partial charge in [0.2, 0.25) is 0 Å². The maximum atomic E-state index is 12.7. The first kappa shape index (κ1) is 14.8. The van der Waals surface area contributed by atoms with Crippen LogP contribution in [0.5, 0.6) is 0 Å². The lowest BCUT2D eigenvalue weighted by Gasteiger charge is -2.09. The molecule has 0 fully saturated rings. The van der Waals surface area contributed by atoms with Gasteiger partial charge in [-0.2, -0.15) is 13.2 Å². The Morgan fingerprint density at radius 2 is 1.90 bits per heavy atom. The van der Waals surface area contributed by atoms with Gasteiger partial charge in [-0.15, -0.1) is 0 Å². The SMILES string of the molecule is CCc1ccc(Cc2cc(C(F)(F)F)cc(Cl)n2)nc1. The van der Waals surface area contributed by atoms with Gasteiger partial charge >= 0.3 is 6.18 Å². The third-order valence-corrected chi connectivity index (χ3v) is 3.02. The molecule has 0 aliphatic heterocycles. The van der Waals surface area contributed by atoms with Gasteiger partial charge < -0.3 is 0 Å². The number of aromatic nitrogens is 2. The van der Waals surface area contributed by atoms with E-state index >= 15 is 0 Å². The van der Waals surface area contributed by atoms with Crippen molar-refractivity contribution in [2.75, 3.05) is 0 Å². The summed E-state index contributed by atoms with van der Waals surface area (Å²) >= 11 is 5.64. The number of hydrogen-bond donors (Lipinski definition) is 0. The van der Waals surface area contributed by atoms with Crippen LogP contribution in [0.3, 0.4) is 0 Å². The van der Waals surface area contributed by atoms with Crippen LogP contribution >= 0.6 is 11.6 Å². The molecule has 0 N–H and O–H groups in total. The molecular formula is C14H12ClF3N2. The first-order valence-electron chi connectivity index (χ1n) is 6.06. The molecule has 2 aromatic rings. The summed E-state index contributed by atoms with van der Waals surface area (Å²) in [5.41, 5.74) is 1.19. The van der Waals surface area contributed by atoms with E-state index in [9.17, 15) is 13.2 Å². The highest BCUT2D eigenvalue weighted by atomic mass is 35.5. The Balaban J connectivity index is 2.26. The van der Waals surface area contributed by atoms with Gasteiger partial charge in [0.25, 0.3) is 0 Å². The van der Waals surface area contributed by atoms with Crippen molar-refractivity contribution in [3.63, 3.8) is 0 Å². The van der Waals surface area contributed by atoms with E-state index in [4.69, 9.17) is 11.6 Å². The normalized spacial score (nSPS) is 11.7. The fourth-order valence-electron chi connectivity index (χ4n) is 1.76. The maximum Gasteiger partial charge on any atom is 0.416 e. The van der Waals surface area contributed by atoms with Crippen LogP contribution in [-0.2, 0) is 19.0 Å². The van der Waals surface area contributed by atoms with Crippen molar-refractivity contribution in [1.29, 1.82) is 0 Å². The molecule has 0 saturated heterocycles. The highest BCUT2D eigenvalue weighted by Gasteiger charge is 2.31. The van der Waals surface area contributed by atoms with Gasteiger partial charge in [-0.3, -0.25) is 4.98 Å². The number of halogens is 4. The van der Waals surface area contributed by atoms with Crippen molar-refractivity contribution in [2.45, 2.75) is 25.9 Å². The van der Waals surface area contributed by atoms with Crippen LogP contribution in [0.1, 0.15) is 29.4 Å². The van der Waals surface area contributed by atoms with Gasteiger partial charge in [0.05, 0.1) is 5.56 Å². The van der Waals surface area contributed by atoms with Crippen LogP contribution in [0.4, 0.5) is 13.2 Å². The first-order chi connectivity index (χ1) is 9.38. The fourth-order valence-corrected chi connectivity index (χ4v) is 1.99. The zero-order valence-electron chi connectivity index (χ0n) is 10.7. The molecule has 0 amide bonds. The summed E-state index contributed by atoms with van der Waals surface area (Å²) < 4.78 is 38.1. The molecule has 0 unspecified atom stereocenters. The minimum atomic E-state index is -4.43. The predicted molar refractivity (Wildman–Crippen MR) is 70.7 cm³/mol. The summed E-state index contributed by atoms with van der Waals surface area (Å²) in [6, 6.07) is 5.51. The third kappa shape index (κ3) is 3.70. The second-order valence-electron chi connectivity index (χ2n) is 4.36. The van der Waals surface area contributed by atoms with Crippen LogP contribution < -0.4 is 0 Å². The molecule has 0 aromatic carbocycles. The van der Waals surface area contributed by atoms with Crippen molar-refractivity contribution >= 4 is 11.6 Å². The van der Waals surface area contributed by atoms with Gasteiger partial charge in [0.1, 0.15) is 5.15 Å². The monoisotopic (exact) mass is 300 g/mol. The Hall–Kier alpha value is -1.62. The molecule has 20 heavy (non-hydrogen) atoms. The van der Waals surface area contributed by atoms with Gasteiger partial charge in [0, 0.05) is 24.0 Å². The Morgan fingerprint density at radius 1 is 1.15 bits per heavy atom. The van der Waals surface area contributed by atoms with Crippen molar-refractivity contribution in [1.82, 2.24) is 9.97 Å². The lowest BCUT2D eigenvalue weighted by Crippen LogP contribution is -2.07. The van der Waals surface area contributed by atoms with Crippen LogP contribution in [0.15, 0.2) is 30.5 Å². The zero-order valence-corrected chi connectivity index (χ0v) is 11.5. The average Bonchev–Trinajstić information content (AvgIpc) is 2.38. The molecule has 0 aliphatic rings. The molecule has 2 nitrogen and oxygen atoms in total. The van der Waals surface area contributed by atoms with Crippen molar-refractivity contribution < 1.29 is 13.2 Å². The summed E-state index contributed by atoms with van der Waals surface area (Å²) in [7, 11) is 0. The van der Waals surface area contributed by atoms with E-state index in [1.54, 1.807) is 12.3 Å². The van der Waals surface area contributed by atoms with Crippen LogP contribution in [-0.4, -0.2) is 9.97 Å². The summed E-state index contributed by atoms with van der Waals surface area (Å²) in [5.74, 6) is 0. The topological polar surface area (TPSA) is 25.8 Å². The molecule has 0 atom stereocenters. The Bertz CT molecular complexity index is 594. The number of nitrogens with zero attached hydrogens (tertiary/aromatic N) is 2. The van der Waals surface area contributed by atoms with Gasteiger partial charge in [-0.1, -0.05) is 24.6 Å². The minimum Gasteiger partial charge on any atom is -0.261 e. The summed E-state index contributed by atoms with van der Waals surface area (Å²) in [4.78, 5) is 8.11. The average molecular weight is 301 g/mol. The molecule has 2 aromatic heterocycles. The van der Waals surface area contributed by atoms with E-state index in [0.717, 1.165) is 24.1 Å². The third-order valence-electron chi connectivity index (χ3n) is 2.83. The number of rotatable bonds is 3. The van der Waals surface area contributed by atoms with Crippen molar-refractivity contribution in [3.8, 4) is 0 Å². The Labute approximate surface area is 119 Å². The fraction of sp³-hybridized carbons (Fsp3) is 0.286. The molecule has 0 radical (unpaired) electrons. The lowest BCUT2D eigenvalue weighted by atomic mass is 10.1. The van der Waals surface area contributed by atoms with Gasteiger partial charge in [0.15, 0.2) is 0 Å². The summed E-state index contributed by atoms with van der Waals surface area (Å²) in [5, 5.41) is -0.167. The molecule has 106 valence electrons. The van der Waals surface area contributed by atoms with E-state index in [-0.39, 0.29) is 17.3 Å². The molecule has 6 heteroatoms. The quantitative estimate of drug-likeness (QED) is 0.790. The first-order valence-corrected chi connectivity index (χ1v) is 6.43. The van der Waals surface area contributed by atoms with Gasteiger partial charge in [-0.25, -0.2) is 4.98 Å². The lowest BCUT2D eigenvalue weighted by molar-refractivity contribution is -0.137. The molecule has 2 heterocycles. The number of alkyl halides is 3. The van der Waals surface area contributed by atoms with E-state index in [1.165, 1.54) is 0 Å². The summed E-state index contributed by atoms with van der Waals surface area (Å²) in [6.07, 6.45) is -1.64. The minimum absolute atomic E-state index is 0.167. The number of hydrogen-bond acceptors (Lipinski definition) is 2. The van der Waals surface area contributed by atoms with Crippen molar-refractivity contribution in [2.24, 2.45) is 0 Å². The number of aryl methyl sites for hydroxylation is 1. The Morgan fingerprint density at radius 3 is 2.45 bits per heavy atom. The van der Waals surface area contributed by atoms with Gasteiger partial charge in [-0.05, 0) is 30.2 Å². The predicted octanol–water partition coefficient (Wildman–Crippen LogP) is 4.30. The molecule has 0 spiro atoms. The second kappa shape index (κ2) is 5.79. The zero-order chi connectivity index (χ0) is 14.8. The molecule has 0 bridgehead atoms. The van der Waals surface area contributed by atoms with E-state index in [2.05, 4.69) is 9.97 Å². The summed E-state index contributed by atoms with van der Waals surface area (Å²) in [6.45, 7) is 2.00. The smallest absolute Gasteiger partial charge is 0.261 e. The largest absolute Gasteiger partial charge is 0.416 e. The standard InChI is InChI=1S/C14H12ClF3N2/c1-2-9-3-4-11(19-8-9)7-12-5-10(14(16,17)18)6-13(15)20-12/h3-6,8H,2,7H2,1H3. The van der Waals surface area contributed by atoms with E-state index < -0.39 is 11.7 Å². The molecule has 2 rings (SSSR count). The molecule has 0 aliphatic carbocycles. The van der Waals surface area contributed by atoms with Crippen LogP contribution in [0.25, 0.3) is 0 Å². The van der Waals surface area contributed by atoms with E-state index in [0.29, 0.717) is 5.69 Å². The second-order valence-corrected chi connectivity index (χ2v) is 4.74. The van der Waals surface area contributed by atoms with E-state index in [1.807, 2.05) is 13.0 Å². The maximum absolute atomic E-state index is 12.7. The van der Waals surface area contributed by atoms with Crippen LogP contribution in [0, 0.1) is 0 Å². The molecule has 0 saturated carbocycles. The Kier molecular flexibility index (Phi) is 4.28. The van der Waals surface area contributed by atoms with Crippen LogP contribution in [0.2, 0.25) is 5.15 Å². The highest BCUT2D eigenvalue weighted by molar-refractivity contribution is 6.29. The molecular weight excluding hydrogens is 289 g/mol. The number of pyridine rings is 2.